The van der Waals surface area contributed by atoms with E-state index < -0.39 is 0 Å². The molecule has 1 amide bonds. The minimum Gasteiger partial charge on any atom is -0.341 e. The van der Waals surface area contributed by atoms with Crippen molar-refractivity contribution in [1.82, 2.24) is 24.1 Å². The van der Waals surface area contributed by atoms with Crippen molar-refractivity contribution in [3.8, 4) is 0 Å². The highest BCUT2D eigenvalue weighted by molar-refractivity contribution is 7.08. The molecule has 1 atom stereocenters. The van der Waals surface area contributed by atoms with Crippen molar-refractivity contribution in [1.29, 1.82) is 0 Å². The Morgan fingerprint density at radius 3 is 3.00 bits per heavy atom. The third-order valence-corrected chi connectivity index (χ3v) is 6.35. The second-order valence-corrected chi connectivity index (χ2v) is 8.53. The zero-order valence-electron chi connectivity index (χ0n) is 14.5. The first-order valence-corrected chi connectivity index (χ1v) is 10.0. The van der Waals surface area contributed by atoms with E-state index in [-0.39, 0.29) is 17.5 Å². The Balaban J connectivity index is 1.29. The number of halogens is 1. The van der Waals surface area contributed by atoms with Gasteiger partial charge in [-0.05, 0) is 35.3 Å². The van der Waals surface area contributed by atoms with Crippen LogP contribution in [0.5, 0.6) is 0 Å². The molecule has 1 aromatic carbocycles. The summed E-state index contributed by atoms with van der Waals surface area (Å²) in [5.41, 5.74) is 1.23. The Hall–Kier alpha value is -2.22. The van der Waals surface area contributed by atoms with E-state index in [9.17, 15) is 4.79 Å². The van der Waals surface area contributed by atoms with Crippen LogP contribution in [-0.2, 0) is 12.1 Å². The number of nitrogens with one attached hydrogen (secondary N) is 1. The van der Waals surface area contributed by atoms with Crippen LogP contribution in [0.3, 0.4) is 0 Å². The average molecular weight is 400 g/mol. The number of rotatable bonds is 4. The van der Waals surface area contributed by atoms with Gasteiger partial charge in [-0.2, -0.15) is 0 Å². The topological polar surface area (TPSA) is 63.1 Å². The third-order valence-electron chi connectivity index (χ3n) is 5.37. The van der Waals surface area contributed by atoms with E-state index >= 15 is 0 Å². The Kier molecular flexibility index (Phi) is 4.03. The molecule has 138 valence electrons. The minimum atomic E-state index is -0.0794. The molecule has 5 rings (SSSR count). The van der Waals surface area contributed by atoms with E-state index in [1.807, 2.05) is 30.6 Å². The Morgan fingerprint density at radius 2 is 2.22 bits per heavy atom. The Morgan fingerprint density at radius 1 is 1.33 bits per heavy atom. The lowest BCUT2D eigenvalue weighted by molar-refractivity contribution is 0.00753. The maximum absolute atomic E-state index is 12.4. The molecule has 0 radical (unpaired) electrons. The maximum atomic E-state index is 12.4. The molecule has 8 heteroatoms. The normalized spacial score (nSPS) is 20.4. The van der Waals surface area contributed by atoms with E-state index in [1.54, 1.807) is 12.3 Å². The fourth-order valence-corrected chi connectivity index (χ4v) is 5.01. The van der Waals surface area contributed by atoms with Gasteiger partial charge in [-0.15, -0.1) is 0 Å². The molecule has 3 aromatic rings. The molecule has 27 heavy (non-hydrogen) atoms. The van der Waals surface area contributed by atoms with Gasteiger partial charge in [0.15, 0.2) is 0 Å². The van der Waals surface area contributed by atoms with Crippen LogP contribution in [0.15, 0.2) is 48.9 Å². The summed E-state index contributed by atoms with van der Waals surface area (Å²) in [5.74, 6) is 0.861. The smallest absolute Gasteiger partial charge is 0.263 e. The standard InChI is InChI=1S/C19H18ClN5OS/c20-14-3-1-2-13(8-14)10-24-11-19(12-24)9-15(17-21-6-7-25(17)19)23-18(26)16-4-5-22-27-16/h1-8,15H,9-12H2,(H,23,26). The number of likely N-dealkylation sites (tertiary alicyclic amines) is 1. The monoisotopic (exact) mass is 399 g/mol. The van der Waals surface area contributed by atoms with Gasteiger partial charge in [0.1, 0.15) is 10.7 Å². The lowest BCUT2D eigenvalue weighted by Gasteiger charge is -2.49. The van der Waals surface area contributed by atoms with Crippen molar-refractivity contribution in [2.45, 2.75) is 24.5 Å². The summed E-state index contributed by atoms with van der Waals surface area (Å²) in [6, 6.07) is 9.68. The third kappa shape index (κ3) is 2.96. The quantitative estimate of drug-likeness (QED) is 0.732. The molecule has 1 spiro atoms. The van der Waals surface area contributed by atoms with Gasteiger partial charge < -0.3 is 9.88 Å². The van der Waals surface area contributed by atoms with Gasteiger partial charge in [-0.25, -0.2) is 9.36 Å². The van der Waals surface area contributed by atoms with E-state index in [4.69, 9.17) is 11.6 Å². The van der Waals surface area contributed by atoms with Crippen LogP contribution in [0, 0.1) is 0 Å². The first kappa shape index (κ1) is 16.9. The number of hydrogen-bond donors (Lipinski definition) is 1. The molecule has 1 saturated heterocycles. The zero-order chi connectivity index (χ0) is 18.4. The van der Waals surface area contributed by atoms with E-state index in [2.05, 4.69) is 30.2 Å². The van der Waals surface area contributed by atoms with Gasteiger partial charge in [-0.1, -0.05) is 23.7 Å². The molecular weight excluding hydrogens is 382 g/mol. The number of fused-ring (bicyclic) bond motifs is 2. The van der Waals surface area contributed by atoms with E-state index in [0.717, 1.165) is 36.9 Å². The zero-order valence-corrected chi connectivity index (χ0v) is 16.1. The molecule has 0 aliphatic carbocycles. The highest BCUT2D eigenvalue weighted by atomic mass is 35.5. The molecule has 2 aliphatic heterocycles. The first-order valence-electron chi connectivity index (χ1n) is 8.85. The molecule has 0 saturated carbocycles. The largest absolute Gasteiger partial charge is 0.341 e. The molecule has 6 nitrogen and oxygen atoms in total. The highest BCUT2D eigenvalue weighted by Gasteiger charge is 2.52. The number of hydrogen-bond acceptors (Lipinski definition) is 5. The van der Waals surface area contributed by atoms with Crippen molar-refractivity contribution < 1.29 is 4.79 Å². The number of carbonyl (C=O) groups excluding carboxylic acids is 1. The first-order chi connectivity index (χ1) is 13.1. The maximum Gasteiger partial charge on any atom is 0.263 e. The van der Waals surface area contributed by atoms with E-state index in [1.165, 1.54) is 17.1 Å². The highest BCUT2D eigenvalue weighted by Crippen LogP contribution is 2.45. The summed E-state index contributed by atoms with van der Waals surface area (Å²) < 4.78 is 6.26. The van der Waals surface area contributed by atoms with Gasteiger partial charge in [0.25, 0.3) is 5.91 Å². The van der Waals surface area contributed by atoms with Gasteiger partial charge in [0.05, 0.1) is 11.6 Å². The second-order valence-electron chi connectivity index (χ2n) is 7.26. The summed E-state index contributed by atoms with van der Waals surface area (Å²) in [6.45, 7) is 2.76. The molecular formula is C19H18ClN5OS. The Labute approximate surface area is 166 Å². The summed E-state index contributed by atoms with van der Waals surface area (Å²) >= 11 is 7.31. The number of amides is 1. The van der Waals surface area contributed by atoms with Crippen LogP contribution in [0.1, 0.15) is 33.5 Å². The van der Waals surface area contributed by atoms with Crippen LogP contribution in [-0.4, -0.2) is 37.8 Å². The van der Waals surface area contributed by atoms with Crippen LogP contribution < -0.4 is 5.32 Å². The van der Waals surface area contributed by atoms with Crippen LogP contribution in [0.2, 0.25) is 5.02 Å². The number of aromatic nitrogens is 3. The summed E-state index contributed by atoms with van der Waals surface area (Å²) in [4.78, 5) is 20.0. The summed E-state index contributed by atoms with van der Waals surface area (Å²) in [5, 5.41) is 3.90. The SMILES string of the molecule is O=C(NC1CC2(CN(Cc3cccc(Cl)c3)C2)n2ccnc21)c1ccns1. The van der Waals surface area contributed by atoms with Crippen LogP contribution >= 0.6 is 23.1 Å². The fourth-order valence-electron chi connectivity index (χ4n) is 4.29. The number of nitrogens with zero attached hydrogens (tertiary/aromatic N) is 4. The molecule has 0 bridgehead atoms. The molecule has 1 fully saturated rings. The second kappa shape index (κ2) is 6.44. The summed E-state index contributed by atoms with van der Waals surface area (Å²) in [7, 11) is 0. The number of carbonyl (C=O) groups is 1. The minimum absolute atomic E-state index is 0.00997. The average Bonchev–Trinajstić information content (AvgIpc) is 3.33. The lowest BCUT2D eigenvalue weighted by Crippen LogP contribution is -2.60. The predicted molar refractivity (Wildman–Crippen MR) is 104 cm³/mol. The van der Waals surface area contributed by atoms with Gasteiger partial charge >= 0.3 is 0 Å². The van der Waals surface area contributed by atoms with Crippen molar-refractivity contribution >= 4 is 29.0 Å². The Bertz CT molecular complexity index is 980. The molecule has 2 aromatic heterocycles. The number of imidazole rings is 1. The molecule has 4 heterocycles. The van der Waals surface area contributed by atoms with Gasteiger partial charge in [0.2, 0.25) is 0 Å². The molecule has 1 unspecified atom stereocenters. The van der Waals surface area contributed by atoms with Crippen molar-refractivity contribution in [3.63, 3.8) is 0 Å². The van der Waals surface area contributed by atoms with Crippen molar-refractivity contribution in [2.24, 2.45) is 0 Å². The van der Waals surface area contributed by atoms with Crippen molar-refractivity contribution in [3.05, 3.63) is 70.2 Å². The van der Waals surface area contributed by atoms with Gasteiger partial charge in [0, 0.05) is 49.7 Å². The number of benzene rings is 1. The molecule has 1 N–H and O–H groups in total. The predicted octanol–water partition coefficient (Wildman–Crippen LogP) is 3.08. The van der Waals surface area contributed by atoms with Crippen molar-refractivity contribution in [2.75, 3.05) is 13.1 Å². The van der Waals surface area contributed by atoms with Crippen LogP contribution in [0.25, 0.3) is 0 Å². The van der Waals surface area contributed by atoms with E-state index in [0.29, 0.717) is 4.88 Å². The summed E-state index contributed by atoms with van der Waals surface area (Å²) in [6.07, 6.45) is 6.37. The van der Waals surface area contributed by atoms with Crippen LogP contribution in [0.4, 0.5) is 0 Å². The lowest BCUT2D eigenvalue weighted by atomic mass is 9.85. The fraction of sp³-hybridized carbons (Fsp3) is 0.316. The molecule has 2 aliphatic rings. The van der Waals surface area contributed by atoms with Gasteiger partial charge in [-0.3, -0.25) is 9.69 Å².